The number of hydrogen-bond donors (Lipinski definition) is 2. The van der Waals surface area contributed by atoms with Crippen molar-refractivity contribution in [2.45, 2.75) is 38.8 Å². The Morgan fingerprint density at radius 1 is 1.07 bits per heavy atom. The summed E-state index contributed by atoms with van der Waals surface area (Å²) in [6.45, 7) is 9.01. The number of likely N-dealkylation sites (N-methyl/N-ethyl adjacent to an activating group) is 1. The number of piperazine rings is 1. The van der Waals surface area contributed by atoms with Crippen LogP contribution in [-0.4, -0.2) is 90.1 Å². The minimum absolute atomic E-state index is 0.0573. The Morgan fingerprint density at radius 2 is 1.73 bits per heavy atom. The van der Waals surface area contributed by atoms with Gasteiger partial charge in [0.2, 0.25) is 5.91 Å². The Kier molecular flexibility index (Phi) is 6.14. The molecule has 0 aromatic heterocycles. The fraction of sp³-hybridized carbons (Fsp3) is 0.652. The number of aryl methyl sites for hydroxylation is 1. The molecule has 0 unspecified atom stereocenters. The van der Waals surface area contributed by atoms with Crippen molar-refractivity contribution >= 4 is 17.5 Å². The van der Waals surface area contributed by atoms with E-state index in [-0.39, 0.29) is 24.0 Å². The van der Waals surface area contributed by atoms with Gasteiger partial charge in [0.15, 0.2) is 0 Å². The van der Waals surface area contributed by atoms with E-state index in [0.717, 1.165) is 57.7 Å². The third kappa shape index (κ3) is 4.38. The van der Waals surface area contributed by atoms with Gasteiger partial charge in [0, 0.05) is 63.5 Å². The molecule has 30 heavy (non-hydrogen) atoms. The predicted octanol–water partition coefficient (Wildman–Crippen LogP) is 1.41. The molecule has 2 saturated heterocycles. The molecule has 164 valence electrons. The minimum atomic E-state index is -0.302. The SMILES string of the molecule is CC(=O)Nc1ccc(C(=O)N2C[C@H]3C[C@@H](N4CCN(C)CC4)[C@H](O)C[C@H]3C2)c(C)c1. The highest BCUT2D eigenvalue weighted by Crippen LogP contribution is 2.39. The average Bonchev–Trinajstić information content (AvgIpc) is 3.10. The first kappa shape index (κ1) is 21.3. The van der Waals surface area contributed by atoms with Gasteiger partial charge in [0.05, 0.1) is 6.10 Å². The van der Waals surface area contributed by atoms with Crippen LogP contribution in [0.3, 0.4) is 0 Å². The van der Waals surface area contributed by atoms with Crippen LogP contribution in [-0.2, 0) is 4.79 Å². The van der Waals surface area contributed by atoms with Crippen molar-refractivity contribution in [2.75, 3.05) is 51.6 Å². The molecule has 7 heteroatoms. The maximum absolute atomic E-state index is 13.2. The first-order valence-corrected chi connectivity index (χ1v) is 11.1. The van der Waals surface area contributed by atoms with Gasteiger partial charge < -0.3 is 20.2 Å². The molecule has 0 radical (unpaired) electrons. The van der Waals surface area contributed by atoms with Gasteiger partial charge in [-0.2, -0.15) is 0 Å². The minimum Gasteiger partial charge on any atom is -0.391 e. The molecule has 7 nitrogen and oxygen atoms in total. The van der Waals surface area contributed by atoms with E-state index < -0.39 is 0 Å². The Bertz CT molecular complexity index is 806. The van der Waals surface area contributed by atoms with Gasteiger partial charge >= 0.3 is 0 Å². The van der Waals surface area contributed by atoms with Gasteiger partial charge in [0.25, 0.3) is 5.91 Å². The lowest BCUT2D eigenvalue weighted by Crippen LogP contribution is -2.55. The van der Waals surface area contributed by atoms with Gasteiger partial charge in [-0.1, -0.05) is 0 Å². The van der Waals surface area contributed by atoms with E-state index in [0.29, 0.717) is 23.1 Å². The lowest BCUT2D eigenvalue weighted by atomic mass is 9.77. The fourth-order valence-electron chi connectivity index (χ4n) is 5.47. The van der Waals surface area contributed by atoms with Crippen molar-refractivity contribution in [1.29, 1.82) is 0 Å². The first-order valence-electron chi connectivity index (χ1n) is 11.1. The molecule has 0 spiro atoms. The molecule has 3 aliphatic rings. The van der Waals surface area contributed by atoms with Gasteiger partial charge in [-0.15, -0.1) is 0 Å². The normalized spacial score (nSPS) is 30.2. The average molecular weight is 415 g/mol. The van der Waals surface area contributed by atoms with Crippen molar-refractivity contribution in [3.8, 4) is 0 Å². The third-order valence-corrected chi connectivity index (χ3v) is 7.18. The molecular formula is C23H34N4O3. The number of amides is 2. The number of carbonyl (C=O) groups excluding carboxylic acids is 2. The summed E-state index contributed by atoms with van der Waals surface area (Å²) in [5, 5.41) is 13.6. The lowest BCUT2D eigenvalue weighted by molar-refractivity contribution is -0.114. The van der Waals surface area contributed by atoms with E-state index in [1.54, 1.807) is 6.07 Å². The zero-order valence-electron chi connectivity index (χ0n) is 18.3. The van der Waals surface area contributed by atoms with E-state index in [2.05, 4.69) is 22.2 Å². The van der Waals surface area contributed by atoms with Gasteiger partial charge in [-0.25, -0.2) is 0 Å². The van der Waals surface area contributed by atoms with Crippen LogP contribution in [0.2, 0.25) is 0 Å². The van der Waals surface area contributed by atoms with Crippen LogP contribution in [0, 0.1) is 18.8 Å². The summed E-state index contributed by atoms with van der Waals surface area (Å²) in [6, 6.07) is 5.67. The van der Waals surface area contributed by atoms with Crippen LogP contribution in [0.4, 0.5) is 5.69 Å². The smallest absolute Gasteiger partial charge is 0.254 e. The van der Waals surface area contributed by atoms with E-state index in [9.17, 15) is 14.7 Å². The quantitative estimate of drug-likeness (QED) is 0.782. The Labute approximate surface area is 179 Å². The number of nitrogens with one attached hydrogen (secondary N) is 1. The molecule has 4 rings (SSSR count). The predicted molar refractivity (Wildman–Crippen MR) is 116 cm³/mol. The van der Waals surface area contributed by atoms with Gasteiger partial charge in [0.1, 0.15) is 0 Å². The summed E-state index contributed by atoms with van der Waals surface area (Å²) < 4.78 is 0. The Balaban J connectivity index is 1.41. The molecular weight excluding hydrogens is 380 g/mol. The van der Waals surface area contributed by atoms with Crippen molar-refractivity contribution in [3.63, 3.8) is 0 Å². The monoisotopic (exact) mass is 414 g/mol. The summed E-state index contributed by atoms with van der Waals surface area (Å²) in [5.41, 5.74) is 2.28. The van der Waals surface area contributed by atoms with E-state index in [1.165, 1.54) is 6.92 Å². The molecule has 0 bridgehead atoms. The maximum atomic E-state index is 13.2. The molecule has 1 aliphatic carbocycles. The molecule has 2 N–H and O–H groups in total. The van der Waals surface area contributed by atoms with E-state index >= 15 is 0 Å². The number of carbonyl (C=O) groups is 2. The number of aliphatic hydroxyl groups is 1. The Hall–Kier alpha value is -1.96. The van der Waals surface area contributed by atoms with Crippen LogP contribution in [0.5, 0.6) is 0 Å². The fourth-order valence-corrected chi connectivity index (χ4v) is 5.47. The van der Waals surface area contributed by atoms with Crippen LogP contribution < -0.4 is 5.32 Å². The summed E-state index contributed by atoms with van der Waals surface area (Å²) >= 11 is 0. The van der Waals surface area contributed by atoms with Gasteiger partial charge in [-0.05, 0) is 62.4 Å². The number of hydrogen-bond acceptors (Lipinski definition) is 5. The first-order chi connectivity index (χ1) is 14.3. The highest BCUT2D eigenvalue weighted by molar-refractivity contribution is 5.97. The summed E-state index contributed by atoms with van der Waals surface area (Å²) in [7, 11) is 2.15. The lowest BCUT2D eigenvalue weighted by Gasteiger charge is -2.44. The topological polar surface area (TPSA) is 76.1 Å². The second-order valence-corrected chi connectivity index (χ2v) is 9.39. The zero-order valence-corrected chi connectivity index (χ0v) is 18.3. The van der Waals surface area contributed by atoms with Crippen LogP contribution >= 0.6 is 0 Å². The molecule has 4 atom stereocenters. The molecule has 2 aliphatic heterocycles. The van der Waals surface area contributed by atoms with Gasteiger partial charge in [-0.3, -0.25) is 14.5 Å². The second kappa shape index (κ2) is 8.65. The molecule has 2 amide bonds. The second-order valence-electron chi connectivity index (χ2n) is 9.39. The molecule has 2 heterocycles. The largest absolute Gasteiger partial charge is 0.391 e. The number of anilines is 1. The Morgan fingerprint density at radius 3 is 2.37 bits per heavy atom. The summed E-state index contributed by atoms with van der Waals surface area (Å²) in [5.74, 6) is 0.778. The summed E-state index contributed by atoms with van der Waals surface area (Å²) in [4.78, 5) is 31.2. The molecule has 3 fully saturated rings. The van der Waals surface area contributed by atoms with Crippen molar-refractivity contribution in [2.24, 2.45) is 11.8 Å². The molecule has 1 aromatic rings. The highest BCUT2D eigenvalue weighted by atomic mass is 16.3. The van der Waals surface area contributed by atoms with Crippen LogP contribution in [0.25, 0.3) is 0 Å². The standard InChI is InChI=1S/C23H34N4O3/c1-15-10-19(24-16(2)28)4-5-20(15)23(30)27-13-17-11-21(22(29)12-18(17)14-27)26-8-6-25(3)7-9-26/h4-5,10,17-18,21-22,29H,6-9,11-14H2,1-3H3,(H,24,28)/t17-,18+,21-,22-/m1/s1. The number of rotatable bonds is 3. The van der Waals surface area contributed by atoms with Crippen molar-refractivity contribution < 1.29 is 14.7 Å². The number of nitrogens with zero attached hydrogens (tertiary/aromatic N) is 3. The number of benzene rings is 1. The van der Waals surface area contributed by atoms with Crippen LogP contribution in [0.1, 0.15) is 35.7 Å². The molecule has 1 saturated carbocycles. The zero-order chi connectivity index (χ0) is 21.4. The number of aliphatic hydroxyl groups excluding tert-OH is 1. The van der Waals surface area contributed by atoms with E-state index in [4.69, 9.17) is 0 Å². The maximum Gasteiger partial charge on any atom is 0.254 e. The number of likely N-dealkylation sites (tertiary alicyclic amines) is 1. The summed E-state index contributed by atoms with van der Waals surface area (Å²) in [6.07, 6.45) is 1.45. The van der Waals surface area contributed by atoms with E-state index in [1.807, 2.05) is 24.0 Å². The van der Waals surface area contributed by atoms with Crippen molar-refractivity contribution in [1.82, 2.24) is 14.7 Å². The highest BCUT2D eigenvalue weighted by Gasteiger charge is 2.45. The third-order valence-electron chi connectivity index (χ3n) is 7.18. The van der Waals surface area contributed by atoms with Crippen molar-refractivity contribution in [3.05, 3.63) is 29.3 Å². The molecule has 1 aromatic carbocycles. The number of fused-ring (bicyclic) bond motifs is 1. The van der Waals surface area contributed by atoms with Crippen LogP contribution in [0.15, 0.2) is 18.2 Å².